The van der Waals surface area contributed by atoms with Crippen molar-refractivity contribution in [2.75, 3.05) is 18.6 Å². The van der Waals surface area contributed by atoms with Gasteiger partial charge in [0.15, 0.2) is 0 Å². The zero-order valence-corrected chi connectivity index (χ0v) is 10.5. The summed E-state index contributed by atoms with van der Waals surface area (Å²) < 4.78 is 22.0. The van der Waals surface area contributed by atoms with Gasteiger partial charge in [-0.2, -0.15) is 0 Å². The summed E-state index contributed by atoms with van der Waals surface area (Å²) in [6, 6.07) is 0.342. The number of rotatable bonds is 7. The summed E-state index contributed by atoms with van der Waals surface area (Å²) in [6.45, 7) is 7.27. The molecule has 0 spiro atoms. The zero-order valence-electron chi connectivity index (χ0n) is 9.71. The minimum atomic E-state index is -2.81. The van der Waals surface area contributed by atoms with Crippen molar-refractivity contribution in [3.05, 3.63) is 0 Å². The molecule has 0 aromatic rings. The van der Waals surface area contributed by atoms with E-state index in [0.29, 0.717) is 12.0 Å². The Morgan fingerprint density at radius 3 is 2.21 bits per heavy atom. The summed E-state index contributed by atoms with van der Waals surface area (Å²) in [5, 5.41) is 3.32. The van der Waals surface area contributed by atoms with Crippen LogP contribution in [0.5, 0.6) is 0 Å². The van der Waals surface area contributed by atoms with E-state index in [1.165, 1.54) is 6.26 Å². The predicted octanol–water partition coefficient (Wildman–Crippen LogP) is 1.45. The van der Waals surface area contributed by atoms with Crippen molar-refractivity contribution < 1.29 is 8.42 Å². The summed E-state index contributed by atoms with van der Waals surface area (Å²) in [6.07, 6.45) is 3.07. The molecule has 1 atom stereocenters. The molecule has 4 heteroatoms. The van der Waals surface area contributed by atoms with Crippen molar-refractivity contribution in [2.45, 2.75) is 39.7 Å². The molecule has 3 nitrogen and oxygen atoms in total. The molecule has 14 heavy (non-hydrogen) atoms. The quantitative estimate of drug-likeness (QED) is 0.707. The maximum Gasteiger partial charge on any atom is 0.147 e. The molecule has 0 aliphatic carbocycles. The highest BCUT2D eigenvalue weighted by Gasteiger charge is 2.12. The van der Waals surface area contributed by atoms with Crippen molar-refractivity contribution in [1.29, 1.82) is 0 Å². The smallest absolute Gasteiger partial charge is 0.147 e. The van der Waals surface area contributed by atoms with E-state index in [0.717, 1.165) is 19.4 Å². The molecule has 0 bridgehead atoms. The fourth-order valence-corrected chi connectivity index (χ4v) is 2.23. The second-order valence-electron chi connectivity index (χ2n) is 4.30. The standard InChI is InChI=1S/C10H23NO2S/c1-5-11-10(8-9(2)3)6-7-14(4,12)13/h9-11H,5-8H2,1-4H3. The molecular formula is C10H23NO2S. The van der Waals surface area contributed by atoms with Crippen LogP contribution in [0, 0.1) is 5.92 Å². The fourth-order valence-electron chi connectivity index (χ4n) is 1.52. The molecule has 1 unspecified atom stereocenters. The Kier molecular flexibility index (Phi) is 6.36. The van der Waals surface area contributed by atoms with Crippen molar-refractivity contribution >= 4 is 9.84 Å². The first kappa shape index (κ1) is 13.9. The van der Waals surface area contributed by atoms with Crippen molar-refractivity contribution in [3.63, 3.8) is 0 Å². The Hall–Kier alpha value is -0.0900. The average Bonchev–Trinajstić information content (AvgIpc) is 1.98. The summed E-state index contributed by atoms with van der Waals surface area (Å²) in [7, 11) is -2.81. The highest BCUT2D eigenvalue weighted by Crippen LogP contribution is 2.08. The first-order valence-electron chi connectivity index (χ1n) is 5.26. The van der Waals surface area contributed by atoms with Crippen LogP contribution in [0.4, 0.5) is 0 Å². The van der Waals surface area contributed by atoms with Crippen LogP contribution in [0.1, 0.15) is 33.6 Å². The molecule has 0 rings (SSSR count). The molecule has 0 aliphatic rings. The highest BCUT2D eigenvalue weighted by atomic mass is 32.2. The average molecular weight is 221 g/mol. The molecule has 86 valence electrons. The SMILES string of the molecule is CCNC(CCS(C)(=O)=O)CC(C)C. The summed E-state index contributed by atoms with van der Waals surface area (Å²) in [5.41, 5.74) is 0. The third kappa shape index (κ3) is 8.51. The zero-order chi connectivity index (χ0) is 11.2. The van der Waals surface area contributed by atoms with Crippen LogP contribution in [0.15, 0.2) is 0 Å². The second-order valence-corrected chi connectivity index (χ2v) is 6.56. The molecule has 1 N–H and O–H groups in total. The van der Waals surface area contributed by atoms with E-state index in [1.807, 2.05) is 6.92 Å². The molecule has 0 aromatic carbocycles. The van der Waals surface area contributed by atoms with Crippen molar-refractivity contribution in [2.24, 2.45) is 5.92 Å². The maximum absolute atomic E-state index is 11.0. The van der Waals surface area contributed by atoms with E-state index in [2.05, 4.69) is 19.2 Å². The summed E-state index contributed by atoms with van der Waals surface area (Å²) in [4.78, 5) is 0. The largest absolute Gasteiger partial charge is 0.314 e. The molecule has 0 amide bonds. The number of hydrogen-bond donors (Lipinski definition) is 1. The summed E-state index contributed by atoms with van der Waals surface area (Å²) in [5.74, 6) is 0.899. The second kappa shape index (κ2) is 6.40. The van der Waals surface area contributed by atoms with Gasteiger partial charge in [0.1, 0.15) is 9.84 Å². The molecule has 0 aromatic heterocycles. The van der Waals surface area contributed by atoms with Crippen molar-refractivity contribution in [1.82, 2.24) is 5.32 Å². The van der Waals surface area contributed by atoms with E-state index < -0.39 is 9.84 Å². The van der Waals surface area contributed by atoms with Gasteiger partial charge in [0.05, 0.1) is 5.75 Å². The van der Waals surface area contributed by atoms with Crippen molar-refractivity contribution in [3.8, 4) is 0 Å². The lowest BCUT2D eigenvalue weighted by molar-refractivity contribution is 0.416. The number of hydrogen-bond acceptors (Lipinski definition) is 3. The first-order chi connectivity index (χ1) is 6.35. The molecule has 0 saturated heterocycles. The normalized spacial score (nSPS) is 14.6. The van der Waals surface area contributed by atoms with Gasteiger partial charge >= 0.3 is 0 Å². The lowest BCUT2D eigenvalue weighted by atomic mass is 10.0. The Morgan fingerprint density at radius 1 is 1.29 bits per heavy atom. The van der Waals surface area contributed by atoms with Gasteiger partial charge in [-0.3, -0.25) is 0 Å². The van der Waals surface area contributed by atoms with E-state index in [9.17, 15) is 8.42 Å². The minimum absolute atomic E-state index is 0.289. The van der Waals surface area contributed by atoms with Gasteiger partial charge in [-0.25, -0.2) is 8.42 Å². The molecule has 0 radical (unpaired) electrons. The lowest BCUT2D eigenvalue weighted by Crippen LogP contribution is -2.32. The van der Waals surface area contributed by atoms with Gasteiger partial charge < -0.3 is 5.32 Å². The van der Waals surface area contributed by atoms with Gasteiger partial charge in [0.25, 0.3) is 0 Å². The summed E-state index contributed by atoms with van der Waals surface area (Å²) >= 11 is 0. The van der Waals surface area contributed by atoms with Gasteiger partial charge in [-0.05, 0) is 25.3 Å². The van der Waals surface area contributed by atoms with Gasteiger partial charge in [-0.15, -0.1) is 0 Å². The van der Waals surface area contributed by atoms with Gasteiger partial charge in [0.2, 0.25) is 0 Å². The van der Waals surface area contributed by atoms with Crippen LogP contribution >= 0.6 is 0 Å². The molecule has 0 heterocycles. The van der Waals surface area contributed by atoms with E-state index >= 15 is 0 Å². The van der Waals surface area contributed by atoms with Crippen LogP contribution in [0.3, 0.4) is 0 Å². The highest BCUT2D eigenvalue weighted by molar-refractivity contribution is 7.90. The minimum Gasteiger partial charge on any atom is -0.314 e. The third-order valence-corrected chi connectivity index (χ3v) is 3.06. The lowest BCUT2D eigenvalue weighted by Gasteiger charge is -2.19. The molecule has 0 saturated carbocycles. The Balaban J connectivity index is 3.96. The molecular weight excluding hydrogens is 198 g/mol. The number of sulfone groups is 1. The van der Waals surface area contributed by atoms with Crippen LogP contribution in [0.2, 0.25) is 0 Å². The Morgan fingerprint density at radius 2 is 1.86 bits per heavy atom. The maximum atomic E-state index is 11.0. The van der Waals surface area contributed by atoms with Crippen LogP contribution in [-0.2, 0) is 9.84 Å². The topological polar surface area (TPSA) is 46.2 Å². The number of nitrogens with one attached hydrogen (secondary N) is 1. The molecule has 0 aliphatic heterocycles. The third-order valence-electron chi connectivity index (χ3n) is 2.09. The predicted molar refractivity (Wildman–Crippen MR) is 61.2 cm³/mol. The molecule has 0 fully saturated rings. The Labute approximate surface area is 88.2 Å². The van der Waals surface area contributed by atoms with E-state index in [4.69, 9.17) is 0 Å². The van der Waals surface area contributed by atoms with Gasteiger partial charge in [-0.1, -0.05) is 20.8 Å². The Bertz CT molecular complexity index is 235. The monoisotopic (exact) mass is 221 g/mol. The van der Waals surface area contributed by atoms with Crippen LogP contribution in [-0.4, -0.2) is 33.0 Å². The van der Waals surface area contributed by atoms with Crippen LogP contribution in [0.25, 0.3) is 0 Å². The fraction of sp³-hybridized carbons (Fsp3) is 1.00. The van der Waals surface area contributed by atoms with E-state index in [-0.39, 0.29) is 5.75 Å². The van der Waals surface area contributed by atoms with E-state index in [1.54, 1.807) is 0 Å². The van der Waals surface area contributed by atoms with Gasteiger partial charge in [0, 0.05) is 12.3 Å². The van der Waals surface area contributed by atoms with Crippen LogP contribution < -0.4 is 5.32 Å². The first-order valence-corrected chi connectivity index (χ1v) is 7.32.